The lowest BCUT2D eigenvalue weighted by Crippen LogP contribution is -2.39. The summed E-state index contributed by atoms with van der Waals surface area (Å²) in [6.45, 7) is 4.94. The maximum atomic E-state index is 13.1. The molecule has 1 heterocycles. The van der Waals surface area contributed by atoms with E-state index < -0.39 is 0 Å². The van der Waals surface area contributed by atoms with Gasteiger partial charge in [-0.25, -0.2) is 4.39 Å². The van der Waals surface area contributed by atoms with E-state index in [0.29, 0.717) is 12.0 Å². The van der Waals surface area contributed by atoms with Crippen LogP contribution in [-0.4, -0.2) is 31.6 Å². The Hall–Kier alpha value is -0.580. The van der Waals surface area contributed by atoms with Crippen LogP contribution in [0.2, 0.25) is 0 Å². The second kappa shape index (κ2) is 7.88. The van der Waals surface area contributed by atoms with Gasteiger partial charge in [0.15, 0.2) is 0 Å². The van der Waals surface area contributed by atoms with Gasteiger partial charge in [0, 0.05) is 29.2 Å². The molecule has 1 saturated heterocycles. The Morgan fingerprint density at radius 3 is 3.11 bits per heavy atom. The number of hydrogen-bond acceptors (Lipinski definition) is 3. The molecule has 0 aromatic heterocycles. The Bertz CT molecular complexity index is 382. The third-order valence-electron chi connectivity index (χ3n) is 3.42. The zero-order chi connectivity index (χ0) is 13.5. The van der Waals surface area contributed by atoms with Crippen molar-refractivity contribution >= 4 is 11.8 Å². The summed E-state index contributed by atoms with van der Waals surface area (Å²) in [6.07, 6.45) is 2.26. The van der Waals surface area contributed by atoms with Gasteiger partial charge in [0.2, 0.25) is 0 Å². The third-order valence-corrected chi connectivity index (χ3v) is 4.53. The molecular weight excluding hydrogens is 261 g/mol. The quantitative estimate of drug-likeness (QED) is 0.776. The minimum absolute atomic E-state index is 0.160. The van der Waals surface area contributed by atoms with Crippen LogP contribution in [0.3, 0.4) is 0 Å². The average Bonchev–Trinajstić information content (AvgIpc) is 2.93. The van der Waals surface area contributed by atoms with E-state index in [1.807, 2.05) is 6.07 Å². The van der Waals surface area contributed by atoms with Gasteiger partial charge in [0.1, 0.15) is 5.82 Å². The number of rotatable bonds is 7. The Labute approximate surface area is 119 Å². The Morgan fingerprint density at radius 1 is 1.53 bits per heavy atom. The SMILES string of the molecule is CCCNC(CSc1cccc(F)c1)C1CCOC1. The van der Waals surface area contributed by atoms with Gasteiger partial charge in [-0.05, 0) is 37.6 Å². The molecule has 0 radical (unpaired) electrons. The predicted octanol–water partition coefficient (Wildman–Crippen LogP) is 3.32. The van der Waals surface area contributed by atoms with Crippen molar-refractivity contribution in [2.45, 2.75) is 30.7 Å². The molecule has 1 aliphatic heterocycles. The molecule has 1 aromatic rings. The summed E-state index contributed by atoms with van der Waals surface area (Å²) in [5.41, 5.74) is 0. The number of nitrogens with one attached hydrogen (secondary N) is 1. The maximum absolute atomic E-state index is 13.1. The first-order valence-electron chi connectivity index (χ1n) is 6.99. The molecule has 0 aliphatic carbocycles. The summed E-state index contributed by atoms with van der Waals surface area (Å²) < 4.78 is 18.6. The molecule has 0 bridgehead atoms. The maximum Gasteiger partial charge on any atom is 0.124 e. The number of ether oxygens (including phenoxy) is 1. The van der Waals surface area contributed by atoms with Crippen LogP contribution in [-0.2, 0) is 4.74 Å². The van der Waals surface area contributed by atoms with Crippen LogP contribution in [0.15, 0.2) is 29.2 Å². The summed E-state index contributed by atoms with van der Waals surface area (Å²) >= 11 is 1.72. The highest BCUT2D eigenvalue weighted by Crippen LogP contribution is 2.25. The lowest BCUT2D eigenvalue weighted by molar-refractivity contribution is 0.179. The second-order valence-electron chi connectivity index (χ2n) is 4.95. The highest BCUT2D eigenvalue weighted by molar-refractivity contribution is 7.99. The van der Waals surface area contributed by atoms with Crippen molar-refractivity contribution in [3.05, 3.63) is 30.1 Å². The third kappa shape index (κ3) is 4.79. The molecule has 0 spiro atoms. The van der Waals surface area contributed by atoms with E-state index in [1.54, 1.807) is 23.9 Å². The van der Waals surface area contributed by atoms with Gasteiger partial charge in [0.25, 0.3) is 0 Å². The molecule has 1 aromatic carbocycles. The highest BCUT2D eigenvalue weighted by Gasteiger charge is 2.25. The zero-order valence-electron chi connectivity index (χ0n) is 11.4. The smallest absolute Gasteiger partial charge is 0.124 e. The molecule has 106 valence electrons. The van der Waals surface area contributed by atoms with Gasteiger partial charge >= 0.3 is 0 Å². The average molecular weight is 283 g/mol. The Kier molecular flexibility index (Phi) is 6.14. The molecule has 2 rings (SSSR count). The van der Waals surface area contributed by atoms with Crippen LogP contribution in [0.1, 0.15) is 19.8 Å². The van der Waals surface area contributed by atoms with Crippen LogP contribution < -0.4 is 5.32 Å². The number of benzene rings is 1. The van der Waals surface area contributed by atoms with Crippen LogP contribution in [0.5, 0.6) is 0 Å². The summed E-state index contributed by atoms with van der Waals surface area (Å²) in [5, 5.41) is 3.60. The normalized spacial score (nSPS) is 20.6. The first-order chi connectivity index (χ1) is 9.29. The van der Waals surface area contributed by atoms with Gasteiger partial charge in [-0.3, -0.25) is 0 Å². The molecule has 2 unspecified atom stereocenters. The van der Waals surface area contributed by atoms with Crippen LogP contribution in [0.25, 0.3) is 0 Å². The van der Waals surface area contributed by atoms with Gasteiger partial charge in [0.05, 0.1) is 6.61 Å². The van der Waals surface area contributed by atoms with E-state index in [0.717, 1.165) is 43.2 Å². The molecule has 1 fully saturated rings. The zero-order valence-corrected chi connectivity index (χ0v) is 12.2. The molecule has 19 heavy (non-hydrogen) atoms. The fraction of sp³-hybridized carbons (Fsp3) is 0.600. The number of hydrogen-bond donors (Lipinski definition) is 1. The van der Waals surface area contributed by atoms with Crippen molar-refractivity contribution in [3.63, 3.8) is 0 Å². The summed E-state index contributed by atoms with van der Waals surface area (Å²) in [5.74, 6) is 1.40. The first kappa shape index (κ1) is 14.8. The summed E-state index contributed by atoms with van der Waals surface area (Å²) in [4.78, 5) is 1.00. The topological polar surface area (TPSA) is 21.3 Å². The Balaban J connectivity index is 1.88. The predicted molar refractivity (Wildman–Crippen MR) is 78.1 cm³/mol. The van der Waals surface area contributed by atoms with E-state index in [-0.39, 0.29) is 5.82 Å². The Morgan fingerprint density at radius 2 is 2.42 bits per heavy atom. The first-order valence-corrected chi connectivity index (χ1v) is 7.97. The van der Waals surface area contributed by atoms with Gasteiger partial charge in [-0.2, -0.15) is 0 Å². The lowest BCUT2D eigenvalue weighted by Gasteiger charge is -2.23. The van der Waals surface area contributed by atoms with Crippen LogP contribution in [0, 0.1) is 11.7 Å². The van der Waals surface area contributed by atoms with Gasteiger partial charge < -0.3 is 10.1 Å². The van der Waals surface area contributed by atoms with Crippen LogP contribution in [0.4, 0.5) is 4.39 Å². The second-order valence-corrected chi connectivity index (χ2v) is 6.05. The van der Waals surface area contributed by atoms with Crippen molar-refractivity contribution in [1.29, 1.82) is 0 Å². The largest absolute Gasteiger partial charge is 0.381 e. The van der Waals surface area contributed by atoms with Crippen molar-refractivity contribution in [2.75, 3.05) is 25.5 Å². The molecule has 1 aliphatic rings. The minimum Gasteiger partial charge on any atom is -0.381 e. The molecule has 0 saturated carbocycles. The van der Waals surface area contributed by atoms with E-state index in [9.17, 15) is 4.39 Å². The van der Waals surface area contributed by atoms with E-state index in [2.05, 4.69) is 12.2 Å². The lowest BCUT2D eigenvalue weighted by atomic mass is 10.0. The molecule has 1 N–H and O–H groups in total. The van der Waals surface area contributed by atoms with Gasteiger partial charge in [-0.1, -0.05) is 13.0 Å². The van der Waals surface area contributed by atoms with E-state index >= 15 is 0 Å². The van der Waals surface area contributed by atoms with Gasteiger partial charge in [-0.15, -0.1) is 11.8 Å². The summed E-state index contributed by atoms with van der Waals surface area (Å²) in [6, 6.07) is 7.28. The van der Waals surface area contributed by atoms with E-state index in [1.165, 1.54) is 6.07 Å². The highest BCUT2D eigenvalue weighted by atomic mass is 32.2. The number of halogens is 1. The van der Waals surface area contributed by atoms with Crippen molar-refractivity contribution in [3.8, 4) is 0 Å². The molecule has 2 nitrogen and oxygen atoms in total. The van der Waals surface area contributed by atoms with Crippen molar-refractivity contribution < 1.29 is 9.13 Å². The molecular formula is C15H22FNOS. The molecule has 2 atom stereocenters. The fourth-order valence-electron chi connectivity index (χ4n) is 2.30. The minimum atomic E-state index is -0.160. The summed E-state index contributed by atoms with van der Waals surface area (Å²) in [7, 11) is 0. The molecule has 0 amide bonds. The van der Waals surface area contributed by atoms with Crippen molar-refractivity contribution in [2.24, 2.45) is 5.92 Å². The fourth-order valence-corrected chi connectivity index (χ4v) is 3.44. The number of thioether (sulfide) groups is 1. The standard InChI is InChI=1S/C15H22FNOS/c1-2-7-17-15(12-6-8-18-10-12)11-19-14-5-3-4-13(16)9-14/h3-5,9,12,15,17H,2,6-8,10-11H2,1H3. The van der Waals surface area contributed by atoms with E-state index in [4.69, 9.17) is 4.74 Å². The van der Waals surface area contributed by atoms with Crippen LogP contribution >= 0.6 is 11.8 Å². The monoisotopic (exact) mass is 283 g/mol. The van der Waals surface area contributed by atoms with Crippen molar-refractivity contribution in [1.82, 2.24) is 5.32 Å². The molecule has 4 heteroatoms.